The number of carbonyl (C=O) groups excluding carboxylic acids is 1. The number of ether oxygens (including phenoxy) is 1. The summed E-state index contributed by atoms with van der Waals surface area (Å²) in [5, 5.41) is 3.09. The van der Waals surface area contributed by atoms with Crippen LogP contribution >= 0.6 is 0 Å². The van der Waals surface area contributed by atoms with Crippen molar-refractivity contribution in [1.82, 2.24) is 14.9 Å². The maximum absolute atomic E-state index is 12.5. The van der Waals surface area contributed by atoms with Gasteiger partial charge in [0.15, 0.2) is 0 Å². The molecule has 5 heteroatoms. The molecule has 1 amide bonds. The summed E-state index contributed by atoms with van der Waals surface area (Å²) in [6.45, 7) is 4.45. The minimum atomic E-state index is 0.0793. The summed E-state index contributed by atoms with van der Waals surface area (Å²) >= 11 is 0. The number of nitrogens with one attached hydrogen (secondary N) is 1. The van der Waals surface area contributed by atoms with Crippen molar-refractivity contribution >= 4 is 16.9 Å². The average Bonchev–Trinajstić information content (AvgIpc) is 3.37. The molecule has 0 aliphatic carbocycles. The number of imidazole rings is 1. The molecule has 0 aliphatic rings. The number of benzene rings is 4. The molecular formula is C37H41N3O2. The Kier molecular flexibility index (Phi) is 10.4. The molecule has 1 aromatic heterocycles. The number of hydrogen-bond donors (Lipinski definition) is 1. The molecule has 0 aliphatic heterocycles. The molecule has 42 heavy (non-hydrogen) atoms. The van der Waals surface area contributed by atoms with Crippen molar-refractivity contribution in [1.29, 1.82) is 0 Å². The normalized spacial score (nSPS) is 11.1. The van der Waals surface area contributed by atoms with E-state index in [4.69, 9.17) is 9.72 Å². The Bertz CT molecular complexity index is 1540. The Labute approximate surface area is 249 Å². The van der Waals surface area contributed by atoms with E-state index in [-0.39, 0.29) is 5.91 Å². The third kappa shape index (κ3) is 8.32. The lowest BCUT2D eigenvalue weighted by molar-refractivity contribution is -0.120. The van der Waals surface area contributed by atoms with E-state index in [1.807, 2.05) is 42.5 Å². The summed E-state index contributed by atoms with van der Waals surface area (Å²) < 4.78 is 8.30. The van der Waals surface area contributed by atoms with E-state index in [1.165, 1.54) is 22.2 Å². The maximum atomic E-state index is 12.5. The molecule has 216 valence electrons. The van der Waals surface area contributed by atoms with E-state index >= 15 is 0 Å². The summed E-state index contributed by atoms with van der Waals surface area (Å²) in [7, 11) is 0. The van der Waals surface area contributed by atoms with Crippen LogP contribution in [0.5, 0.6) is 5.75 Å². The van der Waals surface area contributed by atoms with Crippen LogP contribution in [0, 0.1) is 6.92 Å². The highest BCUT2D eigenvalue weighted by atomic mass is 16.5. The first-order valence-corrected chi connectivity index (χ1v) is 15.2. The van der Waals surface area contributed by atoms with E-state index < -0.39 is 0 Å². The number of amides is 1. The number of rotatable bonds is 15. The number of nitrogens with zero attached hydrogens (tertiary/aromatic N) is 2. The molecule has 1 N–H and O–H groups in total. The van der Waals surface area contributed by atoms with E-state index in [0.717, 1.165) is 74.3 Å². The Morgan fingerprint density at radius 2 is 1.50 bits per heavy atom. The van der Waals surface area contributed by atoms with Crippen LogP contribution in [0.15, 0.2) is 103 Å². The van der Waals surface area contributed by atoms with Crippen LogP contribution in [0.25, 0.3) is 22.2 Å². The lowest BCUT2D eigenvalue weighted by Crippen LogP contribution is -2.26. The van der Waals surface area contributed by atoms with Gasteiger partial charge in [-0.15, -0.1) is 0 Å². The number of hydrogen-bond acceptors (Lipinski definition) is 3. The number of para-hydroxylation sites is 2. The number of aromatic nitrogens is 2. The highest BCUT2D eigenvalue weighted by Crippen LogP contribution is 2.21. The molecule has 0 spiro atoms. The summed E-state index contributed by atoms with van der Waals surface area (Å²) in [5.74, 6) is 2.16. The second-order valence-corrected chi connectivity index (χ2v) is 10.9. The first kappa shape index (κ1) is 29.1. The third-order valence-electron chi connectivity index (χ3n) is 7.62. The largest absolute Gasteiger partial charge is 0.494 e. The zero-order valence-electron chi connectivity index (χ0n) is 24.6. The topological polar surface area (TPSA) is 56.1 Å². The molecule has 0 atom stereocenters. The second kappa shape index (κ2) is 15.0. The molecule has 0 fully saturated rings. The van der Waals surface area contributed by atoms with Gasteiger partial charge in [-0.3, -0.25) is 4.79 Å². The molecule has 1 heterocycles. The van der Waals surface area contributed by atoms with Crippen LogP contribution in [0.4, 0.5) is 0 Å². The highest BCUT2D eigenvalue weighted by molar-refractivity contribution is 5.79. The molecule has 5 nitrogen and oxygen atoms in total. The van der Waals surface area contributed by atoms with Crippen LogP contribution in [0.3, 0.4) is 0 Å². The monoisotopic (exact) mass is 559 g/mol. The van der Waals surface area contributed by atoms with Gasteiger partial charge in [-0.05, 0) is 73.6 Å². The zero-order chi connectivity index (χ0) is 29.0. The third-order valence-corrected chi connectivity index (χ3v) is 7.62. The van der Waals surface area contributed by atoms with Gasteiger partial charge in [0.05, 0.1) is 24.1 Å². The SMILES string of the molecule is Cc1ccc(OCCCCn2c(CCCCCNC(=O)Cc3ccc(-c4ccccc4)cc3)nc3ccccc32)cc1. The van der Waals surface area contributed by atoms with Gasteiger partial charge in [0.25, 0.3) is 0 Å². The lowest BCUT2D eigenvalue weighted by Gasteiger charge is -2.11. The van der Waals surface area contributed by atoms with Crippen molar-refractivity contribution in [2.75, 3.05) is 13.2 Å². The fraction of sp³-hybridized carbons (Fsp3) is 0.297. The summed E-state index contributed by atoms with van der Waals surface area (Å²) in [6, 6.07) is 35.2. The number of aryl methyl sites for hydroxylation is 3. The first-order chi connectivity index (χ1) is 20.7. The fourth-order valence-electron chi connectivity index (χ4n) is 5.27. The average molecular weight is 560 g/mol. The van der Waals surface area contributed by atoms with Crippen LogP contribution in [-0.4, -0.2) is 28.6 Å². The van der Waals surface area contributed by atoms with Gasteiger partial charge in [0.2, 0.25) is 5.91 Å². The number of carbonyl (C=O) groups is 1. The zero-order valence-corrected chi connectivity index (χ0v) is 24.6. The van der Waals surface area contributed by atoms with Gasteiger partial charge in [-0.25, -0.2) is 4.98 Å². The molecule has 5 rings (SSSR count). The predicted molar refractivity (Wildman–Crippen MR) is 172 cm³/mol. The minimum absolute atomic E-state index is 0.0793. The summed E-state index contributed by atoms with van der Waals surface area (Å²) in [5.41, 5.74) is 6.90. The fourth-order valence-corrected chi connectivity index (χ4v) is 5.27. The van der Waals surface area contributed by atoms with E-state index in [0.29, 0.717) is 13.0 Å². The molecule has 4 aromatic carbocycles. The lowest BCUT2D eigenvalue weighted by atomic mass is 10.0. The van der Waals surface area contributed by atoms with Crippen LogP contribution in [-0.2, 0) is 24.2 Å². The quantitative estimate of drug-likeness (QED) is 0.132. The minimum Gasteiger partial charge on any atom is -0.494 e. The van der Waals surface area contributed by atoms with Gasteiger partial charge < -0.3 is 14.6 Å². The molecular weight excluding hydrogens is 518 g/mol. The molecule has 0 saturated heterocycles. The van der Waals surface area contributed by atoms with Gasteiger partial charge in [0, 0.05) is 19.5 Å². The Morgan fingerprint density at radius 3 is 2.31 bits per heavy atom. The van der Waals surface area contributed by atoms with E-state index in [2.05, 4.69) is 77.5 Å². The van der Waals surface area contributed by atoms with Crippen molar-refractivity contribution in [2.45, 2.75) is 58.4 Å². The van der Waals surface area contributed by atoms with E-state index in [1.54, 1.807) is 0 Å². The highest BCUT2D eigenvalue weighted by Gasteiger charge is 2.10. The Balaban J connectivity index is 1.02. The van der Waals surface area contributed by atoms with Crippen molar-refractivity contribution < 1.29 is 9.53 Å². The summed E-state index contributed by atoms with van der Waals surface area (Å²) in [6.07, 6.45) is 6.47. The van der Waals surface area contributed by atoms with Crippen LogP contribution in [0.2, 0.25) is 0 Å². The molecule has 0 unspecified atom stereocenters. The summed E-state index contributed by atoms with van der Waals surface area (Å²) in [4.78, 5) is 17.4. The van der Waals surface area contributed by atoms with Crippen LogP contribution in [0.1, 0.15) is 49.1 Å². The molecule has 0 bridgehead atoms. The van der Waals surface area contributed by atoms with Crippen molar-refractivity contribution in [3.63, 3.8) is 0 Å². The maximum Gasteiger partial charge on any atom is 0.224 e. The van der Waals surface area contributed by atoms with Gasteiger partial charge in [-0.2, -0.15) is 0 Å². The van der Waals surface area contributed by atoms with Gasteiger partial charge >= 0.3 is 0 Å². The molecule has 5 aromatic rings. The van der Waals surface area contributed by atoms with E-state index in [9.17, 15) is 4.79 Å². The predicted octanol–water partition coefficient (Wildman–Crippen LogP) is 7.94. The number of fused-ring (bicyclic) bond motifs is 1. The van der Waals surface area contributed by atoms with Crippen molar-refractivity contribution in [3.8, 4) is 16.9 Å². The number of unbranched alkanes of at least 4 members (excludes halogenated alkanes) is 3. The Morgan fingerprint density at radius 1 is 0.762 bits per heavy atom. The smallest absolute Gasteiger partial charge is 0.224 e. The first-order valence-electron chi connectivity index (χ1n) is 15.2. The van der Waals surface area contributed by atoms with Gasteiger partial charge in [-0.1, -0.05) is 90.8 Å². The second-order valence-electron chi connectivity index (χ2n) is 10.9. The Hall–Kier alpha value is -4.38. The molecule has 0 saturated carbocycles. The van der Waals surface area contributed by atoms with Gasteiger partial charge in [0.1, 0.15) is 11.6 Å². The standard InChI is InChI=1S/C37H41N3O2/c1-29-17-23-33(24-18-29)42-27-11-10-26-40-35-15-8-7-14-34(35)39-36(40)16-6-3-9-25-38-37(41)28-30-19-21-32(22-20-30)31-12-4-2-5-13-31/h2,4-5,7-8,12-15,17-24H,3,6,9-11,16,25-28H2,1H3,(H,38,41). The molecule has 0 radical (unpaired) electrons. The van der Waals surface area contributed by atoms with Crippen molar-refractivity contribution in [2.24, 2.45) is 0 Å². The van der Waals surface area contributed by atoms with Crippen LogP contribution < -0.4 is 10.1 Å². The van der Waals surface area contributed by atoms with Crippen molar-refractivity contribution in [3.05, 3.63) is 120 Å².